The Balaban J connectivity index is 0.000000807. The Morgan fingerprint density at radius 3 is 2.36 bits per heavy atom. The van der Waals surface area contributed by atoms with Crippen LogP contribution >= 0.6 is 0 Å². The normalized spacial score (nSPS) is 13.0. The molecule has 3 aromatic carbocycles. The molecule has 4 rings (SSSR count). The van der Waals surface area contributed by atoms with Gasteiger partial charge in [-0.1, -0.05) is 65.3 Å². The first kappa shape index (κ1) is 19.3. The minimum atomic E-state index is 0. The molecule has 0 aromatic heterocycles. The van der Waals surface area contributed by atoms with Crippen molar-refractivity contribution in [3.05, 3.63) is 71.8 Å². The van der Waals surface area contributed by atoms with Crippen molar-refractivity contribution in [2.75, 3.05) is 0 Å². The molecular formula is C19H15Cl2Zr. The Kier molecular flexibility index (Phi) is 6.74. The fraction of sp³-hybridized carbons (Fsp3) is 0.105. The summed E-state index contributed by atoms with van der Waals surface area (Å²) in [4.78, 5) is 0. The van der Waals surface area contributed by atoms with E-state index in [9.17, 15) is 0 Å². The van der Waals surface area contributed by atoms with Crippen LogP contribution < -0.4 is 24.8 Å². The van der Waals surface area contributed by atoms with Gasteiger partial charge in [-0.3, -0.25) is 0 Å². The molecule has 0 spiro atoms. The molecule has 0 aliphatic heterocycles. The van der Waals surface area contributed by atoms with E-state index in [0.29, 0.717) is 0 Å². The average Bonchev–Trinajstić information content (AvgIpc) is 3.02. The van der Waals surface area contributed by atoms with Crippen LogP contribution in [0.1, 0.15) is 18.9 Å². The number of hydrogen-bond donors (Lipinski definition) is 0. The van der Waals surface area contributed by atoms with Crippen LogP contribution in [0.4, 0.5) is 0 Å². The first-order valence-electron chi connectivity index (χ1n) is 6.78. The molecular weight excluding hydrogens is 390 g/mol. The third-order valence-electron chi connectivity index (χ3n) is 4.05. The van der Waals surface area contributed by atoms with E-state index in [-0.39, 0.29) is 51.0 Å². The average molecular weight is 405 g/mol. The standard InChI is InChI=1S/C19H15.2ClH.Zr/c1-13-9-10-15(11-13)17-7-4-8-18-16-6-3-2-5-14(16)12-19(17)18;;;/h2-9,11-12H,10H2,1H3;2*1H;/q-1;;;+3/p-2. The Hall–Kier alpha value is -0.747. The van der Waals surface area contributed by atoms with Gasteiger partial charge in [0.15, 0.2) is 0 Å². The molecule has 0 nitrogen and oxygen atoms in total. The van der Waals surface area contributed by atoms with E-state index in [4.69, 9.17) is 0 Å². The Morgan fingerprint density at radius 2 is 1.64 bits per heavy atom. The second-order valence-corrected chi connectivity index (χ2v) is 5.32. The monoisotopic (exact) mass is 403 g/mol. The smallest absolute Gasteiger partial charge is 1.00 e. The zero-order chi connectivity index (χ0) is 12.8. The SMILES string of the molecule is CC1=CCC(c2cccc3c2[cH-]c2ccccc23)=C1.[Cl-].[Cl-].[Zr+3]. The minimum Gasteiger partial charge on any atom is -1.00 e. The molecule has 0 heterocycles. The molecule has 22 heavy (non-hydrogen) atoms. The van der Waals surface area contributed by atoms with Crippen LogP contribution in [0.5, 0.6) is 0 Å². The molecule has 109 valence electrons. The van der Waals surface area contributed by atoms with Crippen LogP contribution in [0.2, 0.25) is 0 Å². The Bertz CT molecular complexity index is 856. The quantitative estimate of drug-likeness (QED) is 0.477. The van der Waals surface area contributed by atoms with E-state index >= 15 is 0 Å². The topological polar surface area (TPSA) is 0 Å². The Morgan fingerprint density at radius 1 is 0.909 bits per heavy atom. The van der Waals surface area contributed by atoms with Gasteiger partial charge in [0.05, 0.1) is 0 Å². The minimum absolute atomic E-state index is 0. The van der Waals surface area contributed by atoms with Crippen molar-refractivity contribution in [2.24, 2.45) is 0 Å². The van der Waals surface area contributed by atoms with E-state index in [1.54, 1.807) is 0 Å². The summed E-state index contributed by atoms with van der Waals surface area (Å²) in [5.41, 5.74) is 4.21. The number of halogens is 2. The van der Waals surface area contributed by atoms with Crippen molar-refractivity contribution in [2.45, 2.75) is 13.3 Å². The van der Waals surface area contributed by atoms with Gasteiger partial charge < -0.3 is 24.8 Å². The number of benzene rings is 2. The molecule has 0 saturated heterocycles. The molecule has 3 heteroatoms. The van der Waals surface area contributed by atoms with E-state index in [2.05, 4.69) is 67.6 Å². The molecule has 0 bridgehead atoms. The van der Waals surface area contributed by atoms with Crippen molar-refractivity contribution in [3.63, 3.8) is 0 Å². The number of hydrogen-bond acceptors (Lipinski definition) is 0. The summed E-state index contributed by atoms with van der Waals surface area (Å²) in [5, 5.41) is 5.47. The maximum atomic E-state index is 2.33. The fourth-order valence-electron chi connectivity index (χ4n) is 3.11. The van der Waals surface area contributed by atoms with E-state index in [1.165, 1.54) is 38.3 Å². The molecule has 1 aliphatic carbocycles. The molecule has 0 amide bonds. The van der Waals surface area contributed by atoms with Gasteiger partial charge in [0.25, 0.3) is 0 Å². The molecule has 1 aliphatic rings. The van der Waals surface area contributed by atoms with Crippen molar-refractivity contribution < 1.29 is 51.0 Å². The molecule has 0 N–H and O–H groups in total. The summed E-state index contributed by atoms with van der Waals surface area (Å²) in [6, 6.07) is 17.6. The molecule has 0 fully saturated rings. The molecule has 0 saturated carbocycles. The van der Waals surface area contributed by atoms with Gasteiger partial charge in [0, 0.05) is 0 Å². The van der Waals surface area contributed by atoms with E-state index in [0.717, 1.165) is 6.42 Å². The third kappa shape index (κ3) is 3.13. The predicted octanol–water partition coefficient (Wildman–Crippen LogP) is -0.549. The maximum Gasteiger partial charge on any atom is 3.00 e. The van der Waals surface area contributed by atoms with Crippen LogP contribution in [0.3, 0.4) is 0 Å². The summed E-state index contributed by atoms with van der Waals surface area (Å²) in [7, 11) is 0. The van der Waals surface area contributed by atoms with Gasteiger partial charge in [0.2, 0.25) is 0 Å². The second-order valence-electron chi connectivity index (χ2n) is 5.32. The van der Waals surface area contributed by atoms with Crippen molar-refractivity contribution in [1.29, 1.82) is 0 Å². The van der Waals surface area contributed by atoms with Gasteiger partial charge in [-0.15, -0.1) is 33.7 Å². The molecule has 1 radical (unpaired) electrons. The number of fused-ring (bicyclic) bond motifs is 3. The maximum absolute atomic E-state index is 2.33. The molecule has 3 aromatic rings. The first-order valence-corrected chi connectivity index (χ1v) is 6.78. The molecule has 0 atom stereocenters. The van der Waals surface area contributed by atoms with Crippen LogP contribution in [0.25, 0.3) is 27.1 Å². The number of rotatable bonds is 1. The van der Waals surface area contributed by atoms with Crippen LogP contribution in [0.15, 0.2) is 66.3 Å². The van der Waals surface area contributed by atoms with Crippen LogP contribution in [0, 0.1) is 0 Å². The van der Waals surface area contributed by atoms with Crippen molar-refractivity contribution >= 4 is 27.1 Å². The Labute approximate surface area is 162 Å². The van der Waals surface area contributed by atoms with E-state index in [1.807, 2.05) is 0 Å². The summed E-state index contributed by atoms with van der Waals surface area (Å²) in [6.07, 6.45) is 5.68. The van der Waals surface area contributed by atoms with Crippen molar-refractivity contribution in [1.82, 2.24) is 0 Å². The van der Waals surface area contributed by atoms with Gasteiger partial charge in [-0.05, 0) is 13.3 Å². The zero-order valence-corrected chi connectivity index (χ0v) is 16.2. The van der Waals surface area contributed by atoms with Gasteiger partial charge in [0.1, 0.15) is 0 Å². The fourth-order valence-corrected chi connectivity index (χ4v) is 3.11. The van der Waals surface area contributed by atoms with Crippen molar-refractivity contribution in [3.8, 4) is 0 Å². The summed E-state index contributed by atoms with van der Waals surface area (Å²) >= 11 is 0. The summed E-state index contributed by atoms with van der Waals surface area (Å²) in [5.74, 6) is 0. The first-order chi connectivity index (χ1) is 9.33. The summed E-state index contributed by atoms with van der Waals surface area (Å²) < 4.78 is 0. The molecule has 0 unspecified atom stereocenters. The predicted molar refractivity (Wildman–Crippen MR) is 83.4 cm³/mol. The number of allylic oxidation sites excluding steroid dienone is 4. The largest absolute Gasteiger partial charge is 3.00 e. The van der Waals surface area contributed by atoms with Gasteiger partial charge in [-0.25, -0.2) is 0 Å². The van der Waals surface area contributed by atoms with Crippen LogP contribution in [-0.2, 0) is 26.2 Å². The summed E-state index contributed by atoms with van der Waals surface area (Å²) in [6.45, 7) is 2.18. The van der Waals surface area contributed by atoms with Gasteiger partial charge in [-0.2, -0.15) is 0 Å². The second kappa shape index (κ2) is 7.69. The zero-order valence-electron chi connectivity index (χ0n) is 12.2. The van der Waals surface area contributed by atoms with Gasteiger partial charge >= 0.3 is 26.2 Å². The van der Waals surface area contributed by atoms with Crippen LogP contribution in [-0.4, -0.2) is 0 Å². The van der Waals surface area contributed by atoms with E-state index < -0.39 is 0 Å². The third-order valence-corrected chi connectivity index (χ3v) is 4.05.